The summed E-state index contributed by atoms with van der Waals surface area (Å²) in [6, 6.07) is 2.09. The molecule has 0 atom stereocenters. The van der Waals surface area contributed by atoms with Gasteiger partial charge in [0.2, 0.25) is 0 Å². The van der Waals surface area contributed by atoms with Crippen molar-refractivity contribution in [3.63, 3.8) is 0 Å². The Morgan fingerprint density at radius 3 is 2.45 bits per heavy atom. The first kappa shape index (κ1) is 16.9. The molecular formula is C17H27ClN2. The van der Waals surface area contributed by atoms with Crippen molar-refractivity contribution in [1.82, 2.24) is 9.88 Å². The second kappa shape index (κ2) is 7.58. The van der Waals surface area contributed by atoms with Crippen LogP contribution in [0.25, 0.3) is 10.7 Å². The SMILES string of the molecule is C=C1c2[nH]c(CC)cc2C(Cl)=CN1C.CCCC(C)C. The zero-order chi connectivity index (χ0) is 15.3. The molecule has 0 radical (unpaired) electrons. The summed E-state index contributed by atoms with van der Waals surface area (Å²) >= 11 is 6.14. The molecule has 0 amide bonds. The Hall–Kier alpha value is -1.15. The second-order valence-electron chi connectivity index (χ2n) is 5.65. The third-order valence-corrected chi connectivity index (χ3v) is 3.70. The van der Waals surface area contributed by atoms with Crippen molar-refractivity contribution >= 4 is 22.3 Å². The summed E-state index contributed by atoms with van der Waals surface area (Å²) in [5.74, 6) is 0.898. The maximum absolute atomic E-state index is 6.14. The minimum absolute atomic E-state index is 0.769. The highest BCUT2D eigenvalue weighted by Crippen LogP contribution is 2.34. The van der Waals surface area contributed by atoms with E-state index in [0.29, 0.717) is 0 Å². The van der Waals surface area contributed by atoms with E-state index in [0.717, 1.165) is 34.3 Å². The number of fused-ring (bicyclic) bond motifs is 1. The maximum Gasteiger partial charge on any atom is 0.0706 e. The number of nitrogens with zero attached hydrogens (tertiary/aromatic N) is 1. The van der Waals surface area contributed by atoms with Gasteiger partial charge in [-0.05, 0) is 18.4 Å². The quantitative estimate of drug-likeness (QED) is 0.783. The minimum atomic E-state index is 0.769. The van der Waals surface area contributed by atoms with E-state index in [4.69, 9.17) is 11.6 Å². The molecule has 1 aromatic heterocycles. The van der Waals surface area contributed by atoms with Gasteiger partial charge in [0.15, 0.2) is 0 Å². The molecule has 20 heavy (non-hydrogen) atoms. The first-order valence-corrected chi connectivity index (χ1v) is 7.80. The highest BCUT2D eigenvalue weighted by Gasteiger charge is 2.19. The zero-order valence-corrected chi connectivity index (χ0v) is 14.1. The number of aromatic amines is 1. The van der Waals surface area contributed by atoms with Crippen molar-refractivity contribution in [1.29, 1.82) is 0 Å². The number of aryl methyl sites for hydroxylation is 1. The van der Waals surface area contributed by atoms with Crippen molar-refractivity contribution in [2.75, 3.05) is 7.05 Å². The molecule has 0 unspecified atom stereocenters. The highest BCUT2D eigenvalue weighted by molar-refractivity contribution is 6.49. The van der Waals surface area contributed by atoms with Gasteiger partial charge in [0.05, 0.1) is 16.4 Å². The van der Waals surface area contributed by atoms with E-state index in [1.165, 1.54) is 18.5 Å². The summed E-state index contributed by atoms with van der Waals surface area (Å²) in [7, 11) is 1.94. The molecule has 1 N–H and O–H groups in total. The predicted octanol–water partition coefficient (Wildman–Crippen LogP) is 5.47. The van der Waals surface area contributed by atoms with Gasteiger partial charge in [0.1, 0.15) is 0 Å². The van der Waals surface area contributed by atoms with Crippen molar-refractivity contribution in [3.05, 3.63) is 35.8 Å². The summed E-state index contributed by atoms with van der Waals surface area (Å²) < 4.78 is 0. The van der Waals surface area contributed by atoms with Crippen LogP contribution in [0.3, 0.4) is 0 Å². The molecule has 0 saturated carbocycles. The first-order chi connectivity index (χ1) is 9.40. The number of rotatable bonds is 3. The Morgan fingerprint density at radius 1 is 1.35 bits per heavy atom. The summed E-state index contributed by atoms with van der Waals surface area (Å²) in [5, 5.41) is 0.769. The molecular weight excluding hydrogens is 268 g/mol. The molecule has 2 rings (SSSR count). The van der Waals surface area contributed by atoms with Gasteiger partial charge in [-0.25, -0.2) is 0 Å². The van der Waals surface area contributed by atoms with Gasteiger partial charge in [-0.2, -0.15) is 0 Å². The van der Waals surface area contributed by atoms with E-state index in [1.54, 1.807) is 0 Å². The fourth-order valence-electron chi connectivity index (χ4n) is 2.19. The maximum atomic E-state index is 6.14. The third kappa shape index (κ3) is 4.17. The van der Waals surface area contributed by atoms with Crippen LogP contribution in [0, 0.1) is 5.92 Å². The largest absolute Gasteiger partial charge is 0.357 e. The van der Waals surface area contributed by atoms with Crippen LogP contribution in [0.4, 0.5) is 0 Å². The average Bonchev–Trinajstić information content (AvgIpc) is 2.81. The number of hydrogen-bond acceptors (Lipinski definition) is 1. The van der Waals surface area contributed by atoms with Gasteiger partial charge < -0.3 is 9.88 Å². The molecule has 112 valence electrons. The molecule has 3 heteroatoms. The molecule has 0 aromatic carbocycles. The Labute approximate surface area is 128 Å². The van der Waals surface area contributed by atoms with Gasteiger partial charge in [-0.3, -0.25) is 0 Å². The number of halogens is 1. The van der Waals surface area contributed by atoms with E-state index >= 15 is 0 Å². The lowest BCUT2D eigenvalue weighted by Crippen LogP contribution is -2.13. The van der Waals surface area contributed by atoms with E-state index < -0.39 is 0 Å². The van der Waals surface area contributed by atoms with Crippen LogP contribution in [-0.4, -0.2) is 16.9 Å². The molecule has 1 aliphatic heterocycles. The summed E-state index contributed by atoms with van der Waals surface area (Å²) in [5.41, 5.74) is 4.26. The van der Waals surface area contributed by atoms with Gasteiger partial charge in [-0.1, -0.05) is 58.7 Å². The molecule has 0 aliphatic carbocycles. The van der Waals surface area contributed by atoms with Crippen molar-refractivity contribution in [2.24, 2.45) is 5.92 Å². The molecule has 0 fully saturated rings. The summed E-state index contributed by atoms with van der Waals surface area (Å²) in [6.45, 7) is 12.9. The van der Waals surface area contributed by atoms with Crippen molar-refractivity contribution in [3.8, 4) is 0 Å². The fourth-order valence-corrected chi connectivity index (χ4v) is 2.48. The third-order valence-electron chi connectivity index (χ3n) is 3.40. The van der Waals surface area contributed by atoms with Crippen LogP contribution in [-0.2, 0) is 6.42 Å². The van der Waals surface area contributed by atoms with Crippen LogP contribution < -0.4 is 0 Å². The lowest BCUT2D eigenvalue weighted by atomic mass is 10.1. The smallest absolute Gasteiger partial charge is 0.0706 e. The summed E-state index contributed by atoms with van der Waals surface area (Å²) in [4.78, 5) is 5.26. The second-order valence-corrected chi connectivity index (χ2v) is 6.06. The zero-order valence-electron chi connectivity index (χ0n) is 13.4. The molecule has 0 bridgehead atoms. The number of aromatic nitrogens is 1. The van der Waals surface area contributed by atoms with E-state index in [1.807, 2.05) is 18.1 Å². The predicted molar refractivity (Wildman–Crippen MR) is 90.5 cm³/mol. The van der Waals surface area contributed by atoms with Crippen LogP contribution in [0.5, 0.6) is 0 Å². The van der Waals surface area contributed by atoms with E-state index in [9.17, 15) is 0 Å². The lowest BCUT2D eigenvalue weighted by Gasteiger charge is -2.22. The van der Waals surface area contributed by atoms with E-state index in [-0.39, 0.29) is 0 Å². The lowest BCUT2D eigenvalue weighted by molar-refractivity contribution is 0.576. The van der Waals surface area contributed by atoms with Crippen LogP contribution >= 0.6 is 11.6 Å². The van der Waals surface area contributed by atoms with E-state index in [2.05, 4.69) is 45.3 Å². The van der Waals surface area contributed by atoms with Crippen LogP contribution in [0.2, 0.25) is 0 Å². The topological polar surface area (TPSA) is 19.0 Å². The van der Waals surface area contributed by atoms with Crippen LogP contribution in [0.15, 0.2) is 18.8 Å². The van der Waals surface area contributed by atoms with Crippen molar-refractivity contribution < 1.29 is 0 Å². The first-order valence-electron chi connectivity index (χ1n) is 7.42. The standard InChI is InChI=1S/C11H13ClN2.C6H14/c1-4-8-5-9-10(12)6-14(3)7(2)11(9)13-8;1-4-5-6(2)3/h5-6,13H,2,4H2,1,3H3;6H,4-5H2,1-3H3. The average molecular weight is 295 g/mol. The molecule has 2 nitrogen and oxygen atoms in total. The van der Waals surface area contributed by atoms with Gasteiger partial charge in [-0.15, -0.1) is 0 Å². The van der Waals surface area contributed by atoms with Gasteiger partial charge in [0.25, 0.3) is 0 Å². The molecule has 1 aliphatic rings. The fraction of sp³-hybridized carbons (Fsp3) is 0.529. The van der Waals surface area contributed by atoms with Gasteiger partial charge >= 0.3 is 0 Å². The summed E-state index contributed by atoms with van der Waals surface area (Å²) in [6.07, 6.45) is 5.57. The molecule has 0 saturated heterocycles. The van der Waals surface area contributed by atoms with Gasteiger partial charge in [0, 0.05) is 24.5 Å². The normalized spacial score (nSPS) is 13.8. The Kier molecular flexibility index (Phi) is 6.41. The van der Waals surface area contributed by atoms with Crippen LogP contribution in [0.1, 0.15) is 57.5 Å². The highest BCUT2D eigenvalue weighted by atomic mass is 35.5. The monoisotopic (exact) mass is 294 g/mol. The number of nitrogens with one attached hydrogen (secondary N) is 1. The Bertz CT molecular complexity index is 483. The number of hydrogen-bond donors (Lipinski definition) is 1. The van der Waals surface area contributed by atoms with Crippen molar-refractivity contribution in [2.45, 2.75) is 47.0 Å². The number of H-pyrrole nitrogens is 1. The molecule has 1 aromatic rings. The molecule has 0 spiro atoms. The Morgan fingerprint density at radius 2 is 2.00 bits per heavy atom. The molecule has 2 heterocycles. The minimum Gasteiger partial charge on any atom is -0.357 e. The Balaban J connectivity index is 0.000000286.